The molecule has 0 saturated heterocycles. The van der Waals surface area contributed by atoms with Gasteiger partial charge in [-0.2, -0.15) is 5.10 Å². The summed E-state index contributed by atoms with van der Waals surface area (Å²) < 4.78 is 0. The monoisotopic (exact) mass is 279 g/mol. The van der Waals surface area contributed by atoms with Crippen molar-refractivity contribution in [3.8, 4) is 0 Å². The molecule has 0 saturated carbocycles. The predicted molar refractivity (Wildman–Crippen MR) is 73.1 cm³/mol. The highest BCUT2D eigenvalue weighted by Crippen LogP contribution is 2.29. The number of nitrogens with zero attached hydrogens (tertiary/aromatic N) is 3. The summed E-state index contributed by atoms with van der Waals surface area (Å²) in [6, 6.07) is 3.97. The molecule has 3 aromatic rings. The molecule has 0 aliphatic heterocycles. The number of anilines is 1. The highest BCUT2D eigenvalue weighted by molar-refractivity contribution is 7.18. The molecule has 3 heterocycles. The third kappa shape index (κ3) is 2.16. The van der Waals surface area contributed by atoms with E-state index in [0.29, 0.717) is 6.54 Å². The molecule has 18 heavy (non-hydrogen) atoms. The van der Waals surface area contributed by atoms with Crippen molar-refractivity contribution in [2.24, 2.45) is 0 Å². The summed E-state index contributed by atoms with van der Waals surface area (Å²) >= 11 is 7.53. The fourth-order valence-electron chi connectivity index (χ4n) is 1.71. The first-order chi connectivity index (χ1) is 8.72. The summed E-state index contributed by atoms with van der Waals surface area (Å²) in [4.78, 5) is 10.5. The SMILES string of the molecule is Cc1cc2c(NCc3ccn[nH]3)nc(Cl)nc2s1. The summed E-state index contributed by atoms with van der Waals surface area (Å²) in [6.45, 7) is 2.66. The smallest absolute Gasteiger partial charge is 0.225 e. The van der Waals surface area contributed by atoms with E-state index in [1.54, 1.807) is 17.5 Å². The van der Waals surface area contributed by atoms with Crippen LogP contribution in [0.5, 0.6) is 0 Å². The lowest BCUT2D eigenvalue weighted by Crippen LogP contribution is -2.02. The van der Waals surface area contributed by atoms with Gasteiger partial charge in [0.15, 0.2) is 0 Å². The highest BCUT2D eigenvalue weighted by atomic mass is 35.5. The zero-order valence-electron chi connectivity index (χ0n) is 9.57. The van der Waals surface area contributed by atoms with Crippen LogP contribution in [-0.2, 0) is 6.54 Å². The van der Waals surface area contributed by atoms with Gasteiger partial charge in [-0.1, -0.05) is 0 Å². The summed E-state index contributed by atoms with van der Waals surface area (Å²) in [5.74, 6) is 0.754. The first-order valence-corrected chi connectivity index (χ1v) is 6.57. The molecule has 92 valence electrons. The van der Waals surface area contributed by atoms with Crippen LogP contribution in [-0.4, -0.2) is 20.2 Å². The number of rotatable bonds is 3. The molecule has 5 nitrogen and oxygen atoms in total. The van der Waals surface area contributed by atoms with Crippen molar-refractivity contribution >= 4 is 39.0 Å². The quantitative estimate of drug-likeness (QED) is 0.723. The molecular weight excluding hydrogens is 270 g/mol. The molecule has 2 N–H and O–H groups in total. The third-order valence-corrected chi connectivity index (χ3v) is 3.61. The average Bonchev–Trinajstić information content (AvgIpc) is 2.93. The molecule has 7 heteroatoms. The van der Waals surface area contributed by atoms with Crippen molar-refractivity contribution in [2.45, 2.75) is 13.5 Å². The van der Waals surface area contributed by atoms with E-state index in [9.17, 15) is 0 Å². The lowest BCUT2D eigenvalue weighted by molar-refractivity contribution is 0.975. The lowest BCUT2D eigenvalue weighted by atomic mass is 10.3. The Bertz CT molecular complexity index is 676. The van der Waals surface area contributed by atoms with Crippen molar-refractivity contribution in [1.29, 1.82) is 0 Å². The van der Waals surface area contributed by atoms with Gasteiger partial charge in [-0.15, -0.1) is 11.3 Å². The minimum absolute atomic E-state index is 0.261. The maximum absolute atomic E-state index is 5.92. The zero-order valence-corrected chi connectivity index (χ0v) is 11.1. The van der Waals surface area contributed by atoms with Crippen LogP contribution in [0, 0.1) is 6.92 Å². The Morgan fingerprint density at radius 1 is 1.44 bits per heavy atom. The van der Waals surface area contributed by atoms with Crippen LogP contribution in [0.25, 0.3) is 10.2 Å². The molecule has 0 atom stereocenters. The van der Waals surface area contributed by atoms with E-state index in [-0.39, 0.29) is 5.28 Å². The van der Waals surface area contributed by atoms with Crippen molar-refractivity contribution in [2.75, 3.05) is 5.32 Å². The van der Waals surface area contributed by atoms with Crippen LogP contribution >= 0.6 is 22.9 Å². The molecule has 0 aliphatic rings. The molecule has 0 fully saturated rings. The van der Waals surface area contributed by atoms with Gasteiger partial charge in [-0.3, -0.25) is 5.10 Å². The van der Waals surface area contributed by atoms with Crippen LogP contribution in [0.1, 0.15) is 10.6 Å². The highest BCUT2D eigenvalue weighted by Gasteiger charge is 2.09. The molecule has 3 rings (SSSR count). The van der Waals surface area contributed by atoms with Gasteiger partial charge in [0, 0.05) is 11.1 Å². The van der Waals surface area contributed by atoms with E-state index in [1.165, 1.54) is 4.88 Å². The molecule has 0 radical (unpaired) electrons. The maximum Gasteiger partial charge on any atom is 0.225 e. The number of aromatic amines is 1. The van der Waals surface area contributed by atoms with Gasteiger partial charge in [0.1, 0.15) is 10.6 Å². The van der Waals surface area contributed by atoms with E-state index in [0.717, 1.165) is 21.7 Å². The number of halogens is 1. The van der Waals surface area contributed by atoms with Crippen molar-refractivity contribution in [1.82, 2.24) is 20.2 Å². The minimum atomic E-state index is 0.261. The number of hydrogen-bond donors (Lipinski definition) is 2. The standard InChI is InChI=1S/C11H10ClN5S/c1-6-4-8-9(13-5-7-2-3-14-17-7)15-11(12)16-10(8)18-6/h2-4H,5H2,1H3,(H,14,17)(H,13,15,16). The van der Waals surface area contributed by atoms with Crippen LogP contribution in [0.2, 0.25) is 5.28 Å². The number of fused-ring (bicyclic) bond motifs is 1. The molecule has 0 aliphatic carbocycles. The van der Waals surface area contributed by atoms with Crippen LogP contribution < -0.4 is 5.32 Å². The van der Waals surface area contributed by atoms with Gasteiger partial charge >= 0.3 is 0 Å². The fraction of sp³-hybridized carbons (Fsp3) is 0.182. The molecule has 3 aromatic heterocycles. The lowest BCUT2D eigenvalue weighted by Gasteiger charge is -2.05. The molecule has 0 unspecified atom stereocenters. The number of aryl methyl sites for hydroxylation is 1. The van der Waals surface area contributed by atoms with E-state index >= 15 is 0 Å². The molecule has 0 amide bonds. The van der Waals surface area contributed by atoms with Gasteiger partial charge < -0.3 is 5.32 Å². The van der Waals surface area contributed by atoms with Crippen LogP contribution in [0.4, 0.5) is 5.82 Å². The summed E-state index contributed by atoms with van der Waals surface area (Å²) in [6.07, 6.45) is 1.72. The van der Waals surface area contributed by atoms with Gasteiger partial charge in [-0.05, 0) is 30.7 Å². The zero-order chi connectivity index (χ0) is 12.5. The Morgan fingerprint density at radius 2 is 2.33 bits per heavy atom. The normalized spacial score (nSPS) is 11.0. The largest absolute Gasteiger partial charge is 0.364 e. The Labute approximate surface area is 112 Å². The van der Waals surface area contributed by atoms with Crippen molar-refractivity contribution in [3.05, 3.63) is 34.2 Å². The maximum atomic E-state index is 5.92. The van der Waals surface area contributed by atoms with Crippen LogP contribution in [0.15, 0.2) is 18.3 Å². The van der Waals surface area contributed by atoms with Crippen LogP contribution in [0.3, 0.4) is 0 Å². The molecule has 0 spiro atoms. The fourth-order valence-corrected chi connectivity index (χ4v) is 2.81. The Balaban J connectivity index is 1.95. The topological polar surface area (TPSA) is 66.5 Å². The Kier molecular flexibility index (Phi) is 2.89. The summed E-state index contributed by atoms with van der Waals surface area (Å²) in [5, 5.41) is 11.3. The van der Waals surface area contributed by atoms with E-state index < -0.39 is 0 Å². The van der Waals surface area contributed by atoms with E-state index in [2.05, 4.69) is 31.5 Å². The molecule has 0 bridgehead atoms. The number of nitrogens with one attached hydrogen (secondary N) is 2. The van der Waals surface area contributed by atoms with Gasteiger partial charge in [-0.25, -0.2) is 9.97 Å². The number of aromatic nitrogens is 4. The third-order valence-electron chi connectivity index (χ3n) is 2.49. The van der Waals surface area contributed by atoms with E-state index in [1.807, 2.05) is 13.0 Å². The number of hydrogen-bond acceptors (Lipinski definition) is 5. The minimum Gasteiger partial charge on any atom is -0.364 e. The second-order valence-corrected chi connectivity index (χ2v) is 5.43. The first kappa shape index (κ1) is 11.4. The van der Waals surface area contributed by atoms with Crippen molar-refractivity contribution < 1.29 is 0 Å². The summed E-state index contributed by atoms with van der Waals surface area (Å²) in [5.41, 5.74) is 0.991. The van der Waals surface area contributed by atoms with E-state index in [4.69, 9.17) is 11.6 Å². The number of thiophene rings is 1. The van der Waals surface area contributed by atoms with Gasteiger partial charge in [0.05, 0.1) is 17.6 Å². The number of H-pyrrole nitrogens is 1. The first-order valence-electron chi connectivity index (χ1n) is 5.38. The average molecular weight is 280 g/mol. The predicted octanol–water partition coefficient (Wildman–Crippen LogP) is 2.99. The Morgan fingerprint density at radius 3 is 3.11 bits per heavy atom. The second-order valence-electron chi connectivity index (χ2n) is 3.85. The second kappa shape index (κ2) is 4.55. The van der Waals surface area contributed by atoms with Crippen molar-refractivity contribution in [3.63, 3.8) is 0 Å². The molecule has 0 aromatic carbocycles. The Hall–Kier alpha value is -1.66. The van der Waals surface area contributed by atoms with Gasteiger partial charge in [0.2, 0.25) is 5.28 Å². The molecular formula is C11H10ClN5S. The van der Waals surface area contributed by atoms with Gasteiger partial charge in [0.25, 0.3) is 0 Å². The summed E-state index contributed by atoms with van der Waals surface area (Å²) in [7, 11) is 0.